The predicted octanol–water partition coefficient (Wildman–Crippen LogP) is 3.65. The van der Waals surface area contributed by atoms with Crippen LogP contribution in [0.25, 0.3) is 0 Å². The first-order valence-corrected chi connectivity index (χ1v) is 5.55. The van der Waals surface area contributed by atoms with E-state index in [1.807, 2.05) is 6.92 Å². The molecule has 2 unspecified atom stereocenters. The quantitative estimate of drug-likeness (QED) is 0.536. The van der Waals surface area contributed by atoms with Crippen molar-refractivity contribution in [1.29, 1.82) is 0 Å². The number of hydrogen-bond acceptors (Lipinski definition) is 1. The van der Waals surface area contributed by atoms with Crippen LogP contribution < -0.4 is 0 Å². The van der Waals surface area contributed by atoms with Gasteiger partial charge in [-0.3, -0.25) is 0 Å². The summed E-state index contributed by atoms with van der Waals surface area (Å²) in [5, 5.41) is 8.47. The zero-order chi connectivity index (χ0) is 11.8. The maximum atomic E-state index is 10.3. The molecule has 0 bridgehead atoms. The van der Waals surface area contributed by atoms with Crippen LogP contribution >= 0.6 is 0 Å². The summed E-state index contributed by atoms with van der Waals surface area (Å²) in [5.74, 6) is 0.350. The molecule has 0 aromatic rings. The third-order valence-corrected chi connectivity index (χ3v) is 2.51. The topological polar surface area (TPSA) is 37.3 Å². The van der Waals surface area contributed by atoms with Crippen molar-refractivity contribution in [3.8, 4) is 0 Å². The van der Waals surface area contributed by atoms with E-state index in [0.717, 1.165) is 17.9 Å². The zero-order valence-corrected chi connectivity index (χ0v) is 10.2. The van der Waals surface area contributed by atoms with E-state index in [9.17, 15) is 4.79 Å². The molecule has 0 aromatic heterocycles. The lowest BCUT2D eigenvalue weighted by atomic mass is 9.94. The van der Waals surface area contributed by atoms with Gasteiger partial charge < -0.3 is 5.11 Å². The van der Waals surface area contributed by atoms with E-state index in [4.69, 9.17) is 5.11 Å². The van der Waals surface area contributed by atoms with Crippen LogP contribution in [0.3, 0.4) is 0 Å². The Kier molecular flexibility index (Phi) is 6.76. The summed E-state index contributed by atoms with van der Waals surface area (Å²) in [6.45, 7) is 8.54. The number of aliphatic carboxylic acids is 1. The number of rotatable bonds is 6. The maximum absolute atomic E-state index is 10.3. The van der Waals surface area contributed by atoms with Gasteiger partial charge in [-0.25, -0.2) is 4.79 Å². The van der Waals surface area contributed by atoms with Crippen LogP contribution in [-0.2, 0) is 4.79 Å². The van der Waals surface area contributed by atoms with Gasteiger partial charge in [-0.1, -0.05) is 44.9 Å². The average Bonchev–Trinajstić information content (AvgIpc) is 2.14. The summed E-state index contributed by atoms with van der Waals surface area (Å²) < 4.78 is 0. The second-order valence-electron chi connectivity index (χ2n) is 4.31. The molecule has 15 heavy (non-hydrogen) atoms. The van der Waals surface area contributed by atoms with Crippen LogP contribution in [-0.4, -0.2) is 11.1 Å². The third-order valence-electron chi connectivity index (χ3n) is 2.51. The monoisotopic (exact) mass is 210 g/mol. The molecule has 0 aliphatic heterocycles. The van der Waals surface area contributed by atoms with Crippen molar-refractivity contribution in [2.24, 2.45) is 11.8 Å². The van der Waals surface area contributed by atoms with Crippen molar-refractivity contribution in [2.75, 3.05) is 0 Å². The van der Waals surface area contributed by atoms with Crippen LogP contribution in [0.2, 0.25) is 0 Å². The lowest BCUT2D eigenvalue weighted by Crippen LogP contribution is -2.00. The second kappa shape index (κ2) is 7.27. The Balaban J connectivity index is 4.16. The van der Waals surface area contributed by atoms with Crippen LogP contribution in [0.1, 0.15) is 40.5 Å². The molecule has 0 fully saturated rings. The van der Waals surface area contributed by atoms with E-state index >= 15 is 0 Å². The number of allylic oxidation sites excluding steroid dienone is 3. The van der Waals surface area contributed by atoms with Gasteiger partial charge in [0.2, 0.25) is 0 Å². The van der Waals surface area contributed by atoms with E-state index in [1.165, 1.54) is 12.5 Å². The Morgan fingerprint density at radius 3 is 2.40 bits per heavy atom. The predicted molar refractivity (Wildman–Crippen MR) is 63.8 cm³/mol. The molecular weight excluding hydrogens is 188 g/mol. The molecule has 0 saturated heterocycles. The number of carboxylic acids is 1. The average molecular weight is 210 g/mol. The standard InChI is InChI=1S/C13H22O2/c1-5-10(2)8-12(4)9-11(3)6-7-13(14)15/h6-7,9-10,12H,5,8H2,1-4H3,(H,14,15)/b7-6+,11-9+. The van der Waals surface area contributed by atoms with Crippen LogP contribution in [0.4, 0.5) is 0 Å². The molecule has 0 radical (unpaired) electrons. The molecule has 1 N–H and O–H groups in total. The molecule has 0 aromatic carbocycles. The third kappa shape index (κ3) is 7.98. The highest BCUT2D eigenvalue weighted by molar-refractivity contribution is 5.80. The normalized spacial score (nSPS) is 16.7. The van der Waals surface area contributed by atoms with Crippen molar-refractivity contribution in [3.05, 3.63) is 23.8 Å². The van der Waals surface area contributed by atoms with Crippen molar-refractivity contribution in [3.63, 3.8) is 0 Å². The molecule has 0 aliphatic carbocycles. The molecule has 86 valence electrons. The summed E-state index contributed by atoms with van der Waals surface area (Å²) in [6.07, 6.45) is 7.32. The van der Waals surface area contributed by atoms with Crippen LogP contribution in [0, 0.1) is 11.8 Å². The van der Waals surface area contributed by atoms with Crippen molar-refractivity contribution < 1.29 is 9.90 Å². The minimum atomic E-state index is -0.891. The zero-order valence-electron chi connectivity index (χ0n) is 10.2. The van der Waals surface area contributed by atoms with Gasteiger partial charge >= 0.3 is 5.97 Å². The van der Waals surface area contributed by atoms with Crippen molar-refractivity contribution in [2.45, 2.75) is 40.5 Å². The number of hydrogen-bond donors (Lipinski definition) is 1. The van der Waals surface area contributed by atoms with Gasteiger partial charge in [0.05, 0.1) is 0 Å². The lowest BCUT2D eigenvalue weighted by Gasteiger charge is -2.12. The van der Waals surface area contributed by atoms with E-state index in [2.05, 4.69) is 26.8 Å². The molecular formula is C13H22O2. The SMILES string of the molecule is CCC(C)CC(C)/C=C(C)/C=C/C(=O)O. The first-order chi connectivity index (χ1) is 6.95. The van der Waals surface area contributed by atoms with Crippen molar-refractivity contribution in [1.82, 2.24) is 0 Å². The highest BCUT2D eigenvalue weighted by Crippen LogP contribution is 2.17. The molecule has 0 saturated carbocycles. The molecule has 0 heterocycles. The summed E-state index contributed by atoms with van der Waals surface area (Å²) in [7, 11) is 0. The molecule has 0 rings (SSSR count). The molecule has 2 heteroatoms. The van der Waals surface area contributed by atoms with E-state index in [-0.39, 0.29) is 0 Å². The smallest absolute Gasteiger partial charge is 0.328 e. The minimum absolute atomic E-state index is 0.512. The van der Waals surface area contributed by atoms with Gasteiger partial charge in [0.1, 0.15) is 0 Å². The Bertz CT molecular complexity index is 251. The largest absolute Gasteiger partial charge is 0.478 e. The Hall–Kier alpha value is -1.05. The second-order valence-corrected chi connectivity index (χ2v) is 4.31. The van der Waals surface area contributed by atoms with Gasteiger partial charge in [0.25, 0.3) is 0 Å². The molecule has 2 nitrogen and oxygen atoms in total. The molecule has 0 amide bonds. The fraction of sp³-hybridized carbons (Fsp3) is 0.615. The fourth-order valence-electron chi connectivity index (χ4n) is 1.58. The van der Waals surface area contributed by atoms with Gasteiger partial charge in [-0.15, -0.1) is 0 Å². The van der Waals surface area contributed by atoms with Crippen molar-refractivity contribution >= 4 is 5.97 Å². The van der Waals surface area contributed by atoms with E-state index in [0.29, 0.717) is 5.92 Å². The van der Waals surface area contributed by atoms with E-state index in [1.54, 1.807) is 6.08 Å². The highest BCUT2D eigenvalue weighted by atomic mass is 16.4. The Labute approximate surface area is 92.7 Å². The highest BCUT2D eigenvalue weighted by Gasteiger charge is 2.04. The molecule has 2 atom stereocenters. The Morgan fingerprint density at radius 1 is 1.33 bits per heavy atom. The van der Waals surface area contributed by atoms with Gasteiger partial charge in [-0.05, 0) is 25.2 Å². The maximum Gasteiger partial charge on any atom is 0.328 e. The molecule has 0 spiro atoms. The first-order valence-electron chi connectivity index (χ1n) is 5.55. The fourth-order valence-corrected chi connectivity index (χ4v) is 1.58. The Morgan fingerprint density at radius 2 is 1.93 bits per heavy atom. The van der Waals surface area contributed by atoms with E-state index < -0.39 is 5.97 Å². The van der Waals surface area contributed by atoms with Crippen LogP contribution in [0.5, 0.6) is 0 Å². The summed E-state index contributed by atoms with van der Waals surface area (Å²) in [5.41, 5.74) is 1.02. The molecule has 0 aliphatic rings. The number of carboxylic acid groups (broad SMARTS) is 1. The van der Waals surface area contributed by atoms with Crippen LogP contribution in [0.15, 0.2) is 23.8 Å². The van der Waals surface area contributed by atoms with Gasteiger partial charge in [-0.2, -0.15) is 0 Å². The minimum Gasteiger partial charge on any atom is -0.478 e. The first kappa shape index (κ1) is 13.9. The lowest BCUT2D eigenvalue weighted by molar-refractivity contribution is -0.131. The van der Waals surface area contributed by atoms with Gasteiger partial charge in [0.15, 0.2) is 0 Å². The summed E-state index contributed by atoms with van der Waals surface area (Å²) in [4.78, 5) is 10.3. The number of carbonyl (C=O) groups is 1. The summed E-state index contributed by atoms with van der Waals surface area (Å²) >= 11 is 0. The van der Waals surface area contributed by atoms with Gasteiger partial charge in [0, 0.05) is 6.08 Å². The summed E-state index contributed by atoms with van der Waals surface area (Å²) in [6, 6.07) is 0.